The lowest BCUT2D eigenvalue weighted by atomic mass is 10.1. The van der Waals surface area contributed by atoms with Crippen LogP contribution < -0.4 is 10.6 Å². The summed E-state index contributed by atoms with van der Waals surface area (Å²) in [6, 6.07) is 8.01. The number of para-hydroxylation sites is 1. The average molecular weight is 289 g/mol. The standard InChI is InChI=1S/C17H27N3O/c1-3-8-15(18)17(21)19(2)13-14-9-4-5-10-16(14)20-11-6-7-12-20/h4-5,9-10,15H,3,6-8,11-13,18H2,1-2H3. The van der Waals surface area contributed by atoms with E-state index >= 15 is 0 Å². The minimum atomic E-state index is -0.376. The van der Waals surface area contributed by atoms with Crippen molar-refractivity contribution in [3.8, 4) is 0 Å². The summed E-state index contributed by atoms with van der Waals surface area (Å²) in [5.74, 6) is 0.0353. The Morgan fingerprint density at radius 1 is 1.33 bits per heavy atom. The average Bonchev–Trinajstić information content (AvgIpc) is 3.01. The van der Waals surface area contributed by atoms with Gasteiger partial charge >= 0.3 is 0 Å². The first-order valence-corrected chi connectivity index (χ1v) is 7.97. The minimum Gasteiger partial charge on any atom is -0.371 e. The maximum Gasteiger partial charge on any atom is 0.239 e. The van der Waals surface area contributed by atoms with Crippen LogP contribution in [0.25, 0.3) is 0 Å². The number of nitrogens with zero attached hydrogens (tertiary/aromatic N) is 2. The lowest BCUT2D eigenvalue weighted by molar-refractivity contribution is -0.131. The van der Waals surface area contributed by atoms with E-state index in [1.807, 2.05) is 13.1 Å². The highest BCUT2D eigenvalue weighted by Crippen LogP contribution is 2.25. The Morgan fingerprint density at radius 3 is 2.67 bits per heavy atom. The summed E-state index contributed by atoms with van der Waals surface area (Å²) in [5.41, 5.74) is 8.41. The van der Waals surface area contributed by atoms with E-state index < -0.39 is 0 Å². The molecule has 1 aliphatic heterocycles. The summed E-state index contributed by atoms with van der Waals surface area (Å²) < 4.78 is 0. The summed E-state index contributed by atoms with van der Waals surface area (Å²) in [5, 5.41) is 0. The van der Waals surface area contributed by atoms with Crippen molar-refractivity contribution in [2.24, 2.45) is 5.73 Å². The van der Waals surface area contributed by atoms with Gasteiger partial charge in [0, 0.05) is 32.4 Å². The van der Waals surface area contributed by atoms with Crippen LogP contribution in [0.3, 0.4) is 0 Å². The molecule has 21 heavy (non-hydrogen) atoms. The third-order valence-corrected chi connectivity index (χ3v) is 4.14. The van der Waals surface area contributed by atoms with Gasteiger partial charge in [-0.1, -0.05) is 31.5 Å². The van der Waals surface area contributed by atoms with Gasteiger partial charge in [0.25, 0.3) is 0 Å². The number of likely N-dealkylation sites (N-methyl/N-ethyl adjacent to an activating group) is 1. The molecule has 116 valence electrons. The maximum absolute atomic E-state index is 12.3. The van der Waals surface area contributed by atoms with Crippen molar-refractivity contribution >= 4 is 11.6 Å². The highest BCUT2D eigenvalue weighted by molar-refractivity contribution is 5.81. The Balaban J connectivity index is 2.06. The Labute approximate surface area is 127 Å². The van der Waals surface area contributed by atoms with Gasteiger partial charge in [-0.2, -0.15) is 0 Å². The van der Waals surface area contributed by atoms with Crippen LogP contribution in [0.4, 0.5) is 5.69 Å². The number of nitrogens with two attached hydrogens (primary N) is 1. The molecule has 0 saturated carbocycles. The number of hydrogen-bond donors (Lipinski definition) is 1. The first-order chi connectivity index (χ1) is 10.1. The van der Waals surface area contributed by atoms with Crippen LogP contribution in [-0.4, -0.2) is 37.0 Å². The van der Waals surface area contributed by atoms with Crippen molar-refractivity contribution in [1.82, 2.24) is 4.90 Å². The molecular weight excluding hydrogens is 262 g/mol. The molecule has 0 aromatic heterocycles. The fourth-order valence-electron chi connectivity index (χ4n) is 2.96. The molecular formula is C17H27N3O. The zero-order valence-corrected chi connectivity index (χ0v) is 13.2. The van der Waals surface area contributed by atoms with Crippen LogP contribution in [0, 0.1) is 0 Å². The summed E-state index contributed by atoms with van der Waals surface area (Å²) in [6.07, 6.45) is 4.19. The fourth-order valence-corrected chi connectivity index (χ4v) is 2.96. The van der Waals surface area contributed by atoms with Crippen LogP contribution in [-0.2, 0) is 11.3 Å². The van der Waals surface area contributed by atoms with Gasteiger partial charge in [0.2, 0.25) is 5.91 Å². The second-order valence-corrected chi connectivity index (χ2v) is 5.91. The van der Waals surface area contributed by atoms with Gasteiger partial charge < -0.3 is 15.5 Å². The van der Waals surface area contributed by atoms with Crippen molar-refractivity contribution in [3.05, 3.63) is 29.8 Å². The van der Waals surface area contributed by atoms with Gasteiger partial charge in [-0.3, -0.25) is 4.79 Å². The Morgan fingerprint density at radius 2 is 2.00 bits per heavy atom. The zero-order chi connectivity index (χ0) is 15.2. The number of carbonyl (C=O) groups is 1. The van der Waals surface area contributed by atoms with E-state index in [0.717, 1.165) is 25.9 Å². The molecule has 2 rings (SSSR count). The van der Waals surface area contributed by atoms with Crippen molar-refractivity contribution in [1.29, 1.82) is 0 Å². The molecule has 0 radical (unpaired) electrons. The molecule has 0 bridgehead atoms. The number of amides is 1. The topological polar surface area (TPSA) is 49.6 Å². The first kappa shape index (κ1) is 15.8. The molecule has 1 heterocycles. The van der Waals surface area contributed by atoms with Crippen LogP contribution in [0.15, 0.2) is 24.3 Å². The van der Waals surface area contributed by atoms with Gasteiger partial charge in [-0.25, -0.2) is 0 Å². The Bertz CT molecular complexity index is 469. The zero-order valence-electron chi connectivity index (χ0n) is 13.2. The van der Waals surface area contributed by atoms with Crippen molar-refractivity contribution in [2.75, 3.05) is 25.0 Å². The van der Waals surface area contributed by atoms with E-state index in [1.54, 1.807) is 4.90 Å². The van der Waals surface area contributed by atoms with Gasteiger partial charge in [-0.05, 0) is 30.9 Å². The van der Waals surface area contributed by atoms with E-state index in [2.05, 4.69) is 30.0 Å². The van der Waals surface area contributed by atoms with Crippen LogP contribution in [0.1, 0.15) is 38.2 Å². The van der Waals surface area contributed by atoms with E-state index in [9.17, 15) is 4.79 Å². The fraction of sp³-hybridized carbons (Fsp3) is 0.588. The third-order valence-electron chi connectivity index (χ3n) is 4.14. The predicted octanol–water partition coefficient (Wildman–Crippen LogP) is 2.37. The molecule has 1 aromatic rings. The van der Waals surface area contributed by atoms with Crippen molar-refractivity contribution in [2.45, 2.75) is 45.2 Å². The van der Waals surface area contributed by atoms with Gasteiger partial charge in [0.15, 0.2) is 0 Å². The smallest absolute Gasteiger partial charge is 0.239 e. The highest BCUT2D eigenvalue weighted by atomic mass is 16.2. The SMILES string of the molecule is CCCC(N)C(=O)N(C)Cc1ccccc1N1CCCC1. The lowest BCUT2D eigenvalue weighted by Crippen LogP contribution is -2.41. The second-order valence-electron chi connectivity index (χ2n) is 5.91. The normalized spacial score (nSPS) is 16.0. The molecule has 1 amide bonds. The molecule has 1 saturated heterocycles. The molecule has 1 fully saturated rings. The maximum atomic E-state index is 12.3. The summed E-state index contributed by atoms with van der Waals surface area (Å²) in [4.78, 5) is 16.4. The predicted molar refractivity (Wildman–Crippen MR) is 87.2 cm³/mol. The summed E-state index contributed by atoms with van der Waals surface area (Å²) in [6.45, 7) is 4.91. The van der Waals surface area contributed by atoms with E-state index in [4.69, 9.17) is 5.73 Å². The third kappa shape index (κ3) is 3.97. The van der Waals surface area contributed by atoms with Crippen LogP contribution >= 0.6 is 0 Å². The molecule has 0 aliphatic carbocycles. The molecule has 1 aliphatic rings. The number of hydrogen-bond acceptors (Lipinski definition) is 3. The first-order valence-electron chi connectivity index (χ1n) is 7.97. The van der Waals surface area contributed by atoms with Gasteiger partial charge in [-0.15, -0.1) is 0 Å². The Kier molecular flexibility index (Phi) is 5.62. The second kappa shape index (κ2) is 7.46. The van der Waals surface area contributed by atoms with Crippen molar-refractivity contribution in [3.63, 3.8) is 0 Å². The Hall–Kier alpha value is -1.55. The number of rotatable bonds is 6. The molecule has 1 aromatic carbocycles. The van der Waals surface area contributed by atoms with Gasteiger partial charge in [0.05, 0.1) is 6.04 Å². The lowest BCUT2D eigenvalue weighted by Gasteiger charge is -2.26. The quantitative estimate of drug-likeness (QED) is 0.874. The van der Waals surface area contributed by atoms with E-state index in [-0.39, 0.29) is 11.9 Å². The molecule has 0 spiro atoms. The number of carbonyl (C=O) groups excluding carboxylic acids is 1. The summed E-state index contributed by atoms with van der Waals surface area (Å²) >= 11 is 0. The molecule has 1 atom stereocenters. The largest absolute Gasteiger partial charge is 0.371 e. The van der Waals surface area contributed by atoms with Gasteiger partial charge in [0.1, 0.15) is 0 Å². The summed E-state index contributed by atoms with van der Waals surface area (Å²) in [7, 11) is 1.85. The number of benzene rings is 1. The van der Waals surface area contributed by atoms with Crippen LogP contribution in [0.5, 0.6) is 0 Å². The number of anilines is 1. The van der Waals surface area contributed by atoms with Crippen molar-refractivity contribution < 1.29 is 4.79 Å². The molecule has 1 unspecified atom stereocenters. The highest BCUT2D eigenvalue weighted by Gasteiger charge is 2.20. The molecule has 4 nitrogen and oxygen atoms in total. The van der Waals surface area contributed by atoms with Crippen LogP contribution in [0.2, 0.25) is 0 Å². The minimum absolute atomic E-state index is 0.0353. The molecule has 2 N–H and O–H groups in total. The monoisotopic (exact) mass is 289 g/mol. The molecule has 4 heteroatoms. The van der Waals surface area contributed by atoms with E-state index in [0.29, 0.717) is 6.54 Å². The van der Waals surface area contributed by atoms with E-state index in [1.165, 1.54) is 24.1 Å².